The monoisotopic (exact) mass is 249 g/mol. The van der Waals surface area contributed by atoms with E-state index >= 15 is 0 Å². The largest absolute Gasteiger partial charge is 0.310 e. The predicted octanol–water partition coefficient (Wildman–Crippen LogP) is 3.35. The Labute approximate surface area is 111 Å². The molecular weight excluding hydrogens is 222 g/mol. The minimum atomic E-state index is 0.419. The molecule has 1 aliphatic rings. The summed E-state index contributed by atoms with van der Waals surface area (Å²) >= 11 is 0. The molecular formula is C15H27N3. The van der Waals surface area contributed by atoms with Gasteiger partial charge in [-0.1, -0.05) is 25.7 Å². The van der Waals surface area contributed by atoms with Gasteiger partial charge in [-0.15, -0.1) is 0 Å². The molecule has 0 aromatic carbocycles. The van der Waals surface area contributed by atoms with Crippen molar-refractivity contribution in [2.75, 3.05) is 6.54 Å². The van der Waals surface area contributed by atoms with Crippen LogP contribution in [-0.2, 0) is 7.05 Å². The first kappa shape index (κ1) is 13.6. The molecule has 1 unspecified atom stereocenters. The normalized spacial score (nSPS) is 18.4. The molecule has 1 atom stereocenters. The van der Waals surface area contributed by atoms with Crippen molar-refractivity contribution < 1.29 is 0 Å². The van der Waals surface area contributed by atoms with Crippen LogP contribution in [0.2, 0.25) is 0 Å². The summed E-state index contributed by atoms with van der Waals surface area (Å²) in [4.78, 5) is 0. The lowest BCUT2D eigenvalue weighted by atomic mass is 10.0. The smallest absolute Gasteiger partial charge is 0.0641 e. The van der Waals surface area contributed by atoms with Gasteiger partial charge in [0.2, 0.25) is 0 Å². The molecule has 0 radical (unpaired) electrons. The van der Waals surface area contributed by atoms with E-state index < -0.39 is 0 Å². The highest BCUT2D eigenvalue weighted by Crippen LogP contribution is 2.28. The fourth-order valence-corrected chi connectivity index (χ4v) is 3.16. The lowest BCUT2D eigenvalue weighted by molar-refractivity contribution is 0.456. The molecule has 1 fully saturated rings. The summed E-state index contributed by atoms with van der Waals surface area (Å²) in [5.41, 5.74) is 2.48. The molecule has 1 N–H and O–H groups in total. The van der Waals surface area contributed by atoms with Crippen molar-refractivity contribution >= 4 is 0 Å². The molecule has 1 aromatic rings. The Hall–Kier alpha value is -0.830. The van der Waals surface area contributed by atoms with Crippen LogP contribution in [0.15, 0.2) is 6.20 Å². The van der Waals surface area contributed by atoms with Gasteiger partial charge in [0.15, 0.2) is 0 Å². The zero-order valence-corrected chi connectivity index (χ0v) is 12.1. The van der Waals surface area contributed by atoms with Crippen LogP contribution in [0.3, 0.4) is 0 Å². The zero-order valence-electron chi connectivity index (χ0n) is 12.1. The molecule has 1 saturated carbocycles. The van der Waals surface area contributed by atoms with Crippen LogP contribution in [0.4, 0.5) is 0 Å². The second kappa shape index (κ2) is 6.37. The zero-order chi connectivity index (χ0) is 13.0. The average Bonchev–Trinajstić information content (AvgIpc) is 2.94. The van der Waals surface area contributed by atoms with Crippen LogP contribution in [-0.4, -0.2) is 16.3 Å². The molecule has 0 spiro atoms. The lowest BCUT2D eigenvalue weighted by Crippen LogP contribution is -2.20. The molecule has 0 amide bonds. The van der Waals surface area contributed by atoms with Crippen molar-refractivity contribution in [1.29, 1.82) is 0 Å². The number of nitrogens with zero attached hydrogens (tertiary/aromatic N) is 2. The second-order valence-corrected chi connectivity index (χ2v) is 5.81. The number of rotatable bonds is 6. The molecule has 0 saturated heterocycles. The molecule has 0 aliphatic heterocycles. The van der Waals surface area contributed by atoms with Crippen molar-refractivity contribution in [2.45, 2.75) is 58.4 Å². The van der Waals surface area contributed by atoms with Gasteiger partial charge in [-0.3, -0.25) is 4.68 Å². The van der Waals surface area contributed by atoms with Gasteiger partial charge in [0, 0.05) is 24.8 Å². The van der Waals surface area contributed by atoms with Crippen LogP contribution < -0.4 is 5.32 Å². The standard InChI is InChI=1S/C15H27N3/c1-12(15-11-18(3)17-13(15)2)16-10-6-9-14-7-4-5-8-14/h11-12,14,16H,4-10H2,1-3H3. The van der Waals surface area contributed by atoms with Crippen molar-refractivity contribution in [3.8, 4) is 0 Å². The maximum absolute atomic E-state index is 4.40. The SMILES string of the molecule is Cc1nn(C)cc1C(C)NCCCC1CCCC1. The highest BCUT2D eigenvalue weighted by atomic mass is 15.3. The summed E-state index contributed by atoms with van der Waals surface area (Å²) < 4.78 is 1.90. The molecule has 3 nitrogen and oxygen atoms in total. The van der Waals surface area contributed by atoms with Gasteiger partial charge >= 0.3 is 0 Å². The first-order valence-electron chi connectivity index (χ1n) is 7.40. The van der Waals surface area contributed by atoms with E-state index in [2.05, 4.69) is 30.5 Å². The lowest BCUT2D eigenvalue weighted by Gasteiger charge is -2.14. The van der Waals surface area contributed by atoms with E-state index in [1.54, 1.807) is 0 Å². The number of aromatic nitrogens is 2. The van der Waals surface area contributed by atoms with Gasteiger partial charge in [0.25, 0.3) is 0 Å². The highest BCUT2D eigenvalue weighted by Gasteiger charge is 2.15. The van der Waals surface area contributed by atoms with E-state index in [1.165, 1.54) is 44.1 Å². The second-order valence-electron chi connectivity index (χ2n) is 5.81. The van der Waals surface area contributed by atoms with E-state index in [1.807, 2.05) is 11.7 Å². The maximum atomic E-state index is 4.40. The van der Waals surface area contributed by atoms with Crippen molar-refractivity contribution in [3.63, 3.8) is 0 Å². The van der Waals surface area contributed by atoms with Gasteiger partial charge in [0.1, 0.15) is 0 Å². The number of aryl methyl sites for hydroxylation is 2. The minimum absolute atomic E-state index is 0.419. The summed E-state index contributed by atoms with van der Waals surface area (Å²) in [6, 6.07) is 0.419. The molecule has 18 heavy (non-hydrogen) atoms. The Morgan fingerprint density at radius 3 is 2.78 bits per heavy atom. The molecule has 2 rings (SSSR count). The van der Waals surface area contributed by atoms with Crippen LogP contribution in [0, 0.1) is 12.8 Å². The molecule has 1 aromatic heterocycles. The van der Waals surface area contributed by atoms with E-state index in [4.69, 9.17) is 0 Å². The summed E-state index contributed by atoms with van der Waals surface area (Å²) in [5, 5.41) is 8.02. The first-order valence-corrected chi connectivity index (χ1v) is 7.40. The summed E-state index contributed by atoms with van der Waals surface area (Å²) in [7, 11) is 1.99. The van der Waals surface area contributed by atoms with E-state index in [-0.39, 0.29) is 0 Å². The third-order valence-electron chi connectivity index (χ3n) is 4.23. The minimum Gasteiger partial charge on any atom is -0.310 e. The Morgan fingerprint density at radius 1 is 1.44 bits per heavy atom. The van der Waals surface area contributed by atoms with Gasteiger partial charge in [-0.2, -0.15) is 5.10 Å². The van der Waals surface area contributed by atoms with E-state index in [9.17, 15) is 0 Å². The number of hydrogen-bond acceptors (Lipinski definition) is 2. The average molecular weight is 249 g/mol. The van der Waals surface area contributed by atoms with Crippen LogP contribution in [0.25, 0.3) is 0 Å². The summed E-state index contributed by atoms with van der Waals surface area (Å²) in [6.07, 6.45) is 10.7. The summed E-state index contributed by atoms with van der Waals surface area (Å²) in [5.74, 6) is 1.02. The third-order valence-corrected chi connectivity index (χ3v) is 4.23. The Kier molecular flexibility index (Phi) is 4.81. The van der Waals surface area contributed by atoms with Crippen molar-refractivity contribution in [2.24, 2.45) is 13.0 Å². The maximum Gasteiger partial charge on any atom is 0.0641 e. The van der Waals surface area contributed by atoms with Crippen LogP contribution in [0.5, 0.6) is 0 Å². The van der Waals surface area contributed by atoms with Gasteiger partial charge < -0.3 is 5.32 Å². The third kappa shape index (κ3) is 3.58. The van der Waals surface area contributed by atoms with Gasteiger partial charge in [-0.05, 0) is 39.2 Å². The molecule has 3 heteroatoms. The molecule has 0 bridgehead atoms. The highest BCUT2D eigenvalue weighted by molar-refractivity contribution is 5.19. The van der Waals surface area contributed by atoms with Gasteiger partial charge in [0.05, 0.1) is 5.69 Å². The van der Waals surface area contributed by atoms with Crippen LogP contribution >= 0.6 is 0 Å². The first-order chi connectivity index (χ1) is 8.66. The molecule has 1 aliphatic carbocycles. The van der Waals surface area contributed by atoms with Crippen molar-refractivity contribution in [3.05, 3.63) is 17.5 Å². The summed E-state index contributed by atoms with van der Waals surface area (Å²) in [6.45, 7) is 5.46. The van der Waals surface area contributed by atoms with Crippen molar-refractivity contribution in [1.82, 2.24) is 15.1 Å². The molecule has 102 valence electrons. The fraction of sp³-hybridized carbons (Fsp3) is 0.800. The molecule has 1 heterocycles. The Morgan fingerprint density at radius 2 is 2.17 bits per heavy atom. The van der Waals surface area contributed by atoms with E-state index in [0.717, 1.165) is 18.2 Å². The fourth-order valence-electron chi connectivity index (χ4n) is 3.16. The Bertz CT molecular complexity index is 364. The van der Waals surface area contributed by atoms with E-state index in [0.29, 0.717) is 6.04 Å². The number of hydrogen-bond donors (Lipinski definition) is 1. The van der Waals surface area contributed by atoms with Gasteiger partial charge in [-0.25, -0.2) is 0 Å². The topological polar surface area (TPSA) is 29.9 Å². The van der Waals surface area contributed by atoms with Crippen LogP contribution in [0.1, 0.15) is 62.7 Å². The number of nitrogens with one attached hydrogen (secondary N) is 1. The predicted molar refractivity (Wildman–Crippen MR) is 75.6 cm³/mol. The quantitative estimate of drug-likeness (QED) is 0.784. The Balaban J connectivity index is 1.68.